The largest absolute Gasteiger partial charge is 0.459 e. The van der Waals surface area contributed by atoms with Crippen LogP contribution in [0.1, 0.15) is 45.4 Å². The van der Waals surface area contributed by atoms with Crippen LogP contribution in [0.2, 0.25) is 0 Å². The average molecular weight is 448 g/mol. The van der Waals surface area contributed by atoms with E-state index in [1.807, 2.05) is 25.1 Å². The van der Waals surface area contributed by atoms with E-state index in [0.29, 0.717) is 31.0 Å². The molecule has 4 rings (SSSR count). The zero-order chi connectivity index (χ0) is 23.0. The Kier molecular flexibility index (Phi) is 7.42. The van der Waals surface area contributed by atoms with Gasteiger partial charge in [-0.05, 0) is 61.2 Å². The number of ether oxygens (including phenoxy) is 1. The Balaban J connectivity index is 1.55. The highest BCUT2D eigenvalue weighted by molar-refractivity contribution is 6.05. The van der Waals surface area contributed by atoms with Crippen LogP contribution in [0.3, 0.4) is 0 Å². The molecule has 1 aromatic heterocycles. The summed E-state index contributed by atoms with van der Waals surface area (Å²) in [6.07, 6.45) is 3.11. The number of anilines is 2. The second-order valence-corrected chi connectivity index (χ2v) is 7.91. The van der Waals surface area contributed by atoms with Gasteiger partial charge in [-0.2, -0.15) is 0 Å². The number of carbonyl (C=O) groups is 2. The van der Waals surface area contributed by atoms with E-state index < -0.39 is 0 Å². The number of rotatable bonds is 9. The first kappa shape index (κ1) is 22.6. The zero-order valence-corrected chi connectivity index (χ0v) is 18.8. The van der Waals surface area contributed by atoms with Crippen LogP contribution in [-0.2, 0) is 17.7 Å². The Morgan fingerprint density at radius 3 is 2.70 bits per heavy atom. The van der Waals surface area contributed by atoms with Crippen molar-refractivity contribution in [2.75, 3.05) is 36.5 Å². The summed E-state index contributed by atoms with van der Waals surface area (Å²) in [7, 11) is 0. The maximum Gasteiger partial charge on any atom is 0.291 e. The van der Waals surface area contributed by atoms with Gasteiger partial charge >= 0.3 is 0 Å². The van der Waals surface area contributed by atoms with Gasteiger partial charge in [-0.25, -0.2) is 0 Å². The Hall–Kier alpha value is -3.58. The molecule has 0 unspecified atom stereocenters. The molecule has 2 N–H and O–H groups in total. The van der Waals surface area contributed by atoms with Crippen LogP contribution >= 0.6 is 0 Å². The summed E-state index contributed by atoms with van der Waals surface area (Å²) in [6, 6.07) is 17.1. The third-order valence-corrected chi connectivity index (χ3v) is 5.67. The molecule has 172 valence electrons. The van der Waals surface area contributed by atoms with Gasteiger partial charge in [-0.3, -0.25) is 9.59 Å². The summed E-state index contributed by atoms with van der Waals surface area (Å²) in [4.78, 5) is 27.8. The van der Waals surface area contributed by atoms with Crippen molar-refractivity contribution in [1.29, 1.82) is 0 Å². The summed E-state index contributed by atoms with van der Waals surface area (Å²) >= 11 is 0. The molecule has 0 saturated carbocycles. The summed E-state index contributed by atoms with van der Waals surface area (Å²) in [6.45, 7) is 5.28. The van der Waals surface area contributed by atoms with Crippen molar-refractivity contribution in [2.45, 2.75) is 26.3 Å². The number of fused-ring (bicyclic) bond motifs is 1. The molecule has 7 heteroatoms. The molecular weight excluding hydrogens is 418 g/mol. The van der Waals surface area contributed by atoms with Crippen molar-refractivity contribution in [2.24, 2.45) is 0 Å². The monoisotopic (exact) mass is 447 g/mol. The highest BCUT2D eigenvalue weighted by atomic mass is 16.5. The summed E-state index contributed by atoms with van der Waals surface area (Å²) in [5, 5.41) is 5.81. The SMILES string of the molecule is CCOCCCNC(=O)c1cc(NC(=O)c2ccco2)ccc1N1CCc2ccccc2C1. The minimum Gasteiger partial charge on any atom is -0.459 e. The fourth-order valence-corrected chi connectivity index (χ4v) is 3.99. The third-order valence-electron chi connectivity index (χ3n) is 5.67. The van der Waals surface area contributed by atoms with Crippen LogP contribution in [-0.4, -0.2) is 38.1 Å². The molecule has 0 bridgehead atoms. The van der Waals surface area contributed by atoms with E-state index in [2.05, 4.69) is 33.7 Å². The number of hydrogen-bond donors (Lipinski definition) is 2. The molecule has 0 radical (unpaired) electrons. The Labute approximate surface area is 193 Å². The number of carbonyl (C=O) groups excluding carboxylic acids is 2. The van der Waals surface area contributed by atoms with Crippen molar-refractivity contribution in [3.05, 3.63) is 83.3 Å². The average Bonchev–Trinajstić information content (AvgIpc) is 3.39. The summed E-state index contributed by atoms with van der Waals surface area (Å²) < 4.78 is 10.5. The molecule has 0 saturated heterocycles. The van der Waals surface area contributed by atoms with Gasteiger partial charge in [0.05, 0.1) is 11.8 Å². The molecule has 1 aliphatic heterocycles. The van der Waals surface area contributed by atoms with E-state index in [0.717, 1.165) is 31.6 Å². The molecule has 7 nitrogen and oxygen atoms in total. The molecule has 2 aromatic carbocycles. The molecule has 0 atom stereocenters. The van der Waals surface area contributed by atoms with Crippen LogP contribution in [0, 0.1) is 0 Å². The van der Waals surface area contributed by atoms with Crippen molar-refractivity contribution < 1.29 is 18.7 Å². The maximum atomic E-state index is 13.1. The highest BCUT2D eigenvalue weighted by Crippen LogP contribution is 2.29. The molecule has 33 heavy (non-hydrogen) atoms. The summed E-state index contributed by atoms with van der Waals surface area (Å²) in [5.74, 6) is -0.314. The van der Waals surface area contributed by atoms with E-state index in [9.17, 15) is 9.59 Å². The Morgan fingerprint density at radius 1 is 1.06 bits per heavy atom. The van der Waals surface area contributed by atoms with Gasteiger partial charge in [0.15, 0.2) is 5.76 Å². The van der Waals surface area contributed by atoms with Crippen molar-refractivity contribution in [1.82, 2.24) is 5.32 Å². The molecular formula is C26H29N3O4. The minimum absolute atomic E-state index is 0.172. The molecule has 3 aromatic rings. The van der Waals surface area contributed by atoms with Gasteiger partial charge in [-0.1, -0.05) is 24.3 Å². The fourth-order valence-electron chi connectivity index (χ4n) is 3.99. The quantitative estimate of drug-likeness (QED) is 0.479. The first-order valence-corrected chi connectivity index (χ1v) is 11.3. The van der Waals surface area contributed by atoms with Crippen molar-refractivity contribution in [3.63, 3.8) is 0 Å². The van der Waals surface area contributed by atoms with Crippen molar-refractivity contribution in [3.8, 4) is 0 Å². The second kappa shape index (κ2) is 10.8. The van der Waals surface area contributed by atoms with Crippen LogP contribution < -0.4 is 15.5 Å². The lowest BCUT2D eigenvalue weighted by molar-refractivity contribution is 0.0942. The fraction of sp³-hybridized carbons (Fsp3) is 0.308. The number of hydrogen-bond acceptors (Lipinski definition) is 5. The van der Waals surface area contributed by atoms with E-state index in [4.69, 9.17) is 9.15 Å². The van der Waals surface area contributed by atoms with Gasteiger partial charge in [0, 0.05) is 44.2 Å². The first-order chi connectivity index (χ1) is 16.2. The normalized spacial score (nSPS) is 12.8. The van der Waals surface area contributed by atoms with E-state index in [1.54, 1.807) is 18.2 Å². The second-order valence-electron chi connectivity index (χ2n) is 7.91. The molecule has 2 amide bonds. The zero-order valence-electron chi connectivity index (χ0n) is 18.8. The van der Waals surface area contributed by atoms with E-state index >= 15 is 0 Å². The van der Waals surface area contributed by atoms with Crippen LogP contribution in [0.4, 0.5) is 11.4 Å². The lowest BCUT2D eigenvalue weighted by atomic mass is 9.98. The highest BCUT2D eigenvalue weighted by Gasteiger charge is 2.22. The predicted molar refractivity (Wildman–Crippen MR) is 128 cm³/mol. The number of furan rings is 1. The minimum atomic E-state index is -0.359. The van der Waals surface area contributed by atoms with Gasteiger partial charge in [0.1, 0.15) is 0 Å². The first-order valence-electron chi connectivity index (χ1n) is 11.3. The molecule has 0 spiro atoms. The Bertz CT molecular complexity index is 1090. The lowest BCUT2D eigenvalue weighted by Gasteiger charge is -2.32. The number of benzene rings is 2. The van der Waals surface area contributed by atoms with Gasteiger partial charge in [0.25, 0.3) is 11.8 Å². The standard InChI is InChI=1S/C26H29N3O4/c1-2-32-15-6-13-27-25(30)22-17-21(28-26(31)24-9-5-16-33-24)10-11-23(22)29-14-12-19-7-3-4-8-20(19)18-29/h3-5,7-11,16-17H,2,6,12-15,18H2,1H3,(H,27,30)(H,28,31). The molecule has 1 aliphatic rings. The lowest BCUT2D eigenvalue weighted by Crippen LogP contribution is -2.33. The predicted octanol–water partition coefficient (Wildman–Crippen LogP) is 4.25. The van der Waals surface area contributed by atoms with Gasteiger partial charge in [0.2, 0.25) is 0 Å². The van der Waals surface area contributed by atoms with Crippen LogP contribution in [0.25, 0.3) is 0 Å². The number of nitrogens with one attached hydrogen (secondary N) is 2. The van der Waals surface area contributed by atoms with Gasteiger partial charge in [-0.15, -0.1) is 0 Å². The van der Waals surface area contributed by atoms with Gasteiger partial charge < -0.3 is 24.7 Å². The number of nitrogens with zero attached hydrogens (tertiary/aromatic N) is 1. The maximum absolute atomic E-state index is 13.1. The third kappa shape index (κ3) is 5.62. The Morgan fingerprint density at radius 2 is 1.91 bits per heavy atom. The van der Waals surface area contributed by atoms with E-state index in [-0.39, 0.29) is 17.6 Å². The van der Waals surface area contributed by atoms with Crippen LogP contribution in [0.5, 0.6) is 0 Å². The van der Waals surface area contributed by atoms with Crippen LogP contribution in [0.15, 0.2) is 65.3 Å². The summed E-state index contributed by atoms with van der Waals surface area (Å²) in [5.41, 5.74) is 4.53. The van der Waals surface area contributed by atoms with Crippen molar-refractivity contribution >= 4 is 23.2 Å². The number of amides is 2. The molecule has 0 fully saturated rings. The molecule has 0 aliphatic carbocycles. The van der Waals surface area contributed by atoms with E-state index in [1.165, 1.54) is 17.4 Å². The smallest absolute Gasteiger partial charge is 0.291 e. The topological polar surface area (TPSA) is 83.8 Å². The molecule has 2 heterocycles.